The molecule has 0 spiro atoms. The summed E-state index contributed by atoms with van der Waals surface area (Å²) >= 11 is 0. The Hall–Kier alpha value is -0.240. The molecule has 1 aliphatic carbocycles. The normalized spacial score (nSPS) is 37.4. The summed E-state index contributed by atoms with van der Waals surface area (Å²) in [7, 11) is 0. The lowest BCUT2D eigenvalue weighted by Crippen LogP contribution is -2.59. The van der Waals surface area contributed by atoms with Gasteiger partial charge in [0, 0.05) is 6.61 Å². The highest BCUT2D eigenvalue weighted by atomic mass is 16.7. The zero-order valence-electron chi connectivity index (χ0n) is 13.1. The van der Waals surface area contributed by atoms with Crippen LogP contribution in [0, 0.1) is 5.92 Å². The van der Waals surface area contributed by atoms with Crippen molar-refractivity contribution in [2.24, 2.45) is 5.92 Å². The van der Waals surface area contributed by atoms with Crippen LogP contribution in [0.1, 0.15) is 51.4 Å². The molecule has 2 aliphatic rings. The molecule has 0 amide bonds. The standard InChI is InChI=1S/C16H30O6/c17-10-12-13(18)14(19)15(20)16(22-12)21-9-5-4-8-11-6-2-1-3-7-11/h11-20H,1-10H2/t12?,13-,14-,15?,16-/m1/s1. The third kappa shape index (κ3) is 4.88. The fourth-order valence-electron chi connectivity index (χ4n) is 3.42. The predicted octanol–water partition coefficient (Wildman–Crippen LogP) is 0.553. The predicted molar refractivity (Wildman–Crippen MR) is 80.1 cm³/mol. The Kier molecular flexibility index (Phi) is 7.53. The Morgan fingerprint density at radius 2 is 1.64 bits per heavy atom. The van der Waals surface area contributed by atoms with Crippen LogP contribution < -0.4 is 0 Å². The van der Waals surface area contributed by atoms with Crippen molar-refractivity contribution in [3.05, 3.63) is 0 Å². The quantitative estimate of drug-likeness (QED) is 0.512. The van der Waals surface area contributed by atoms with E-state index in [0.717, 1.165) is 18.8 Å². The highest BCUT2D eigenvalue weighted by Crippen LogP contribution is 2.28. The molecule has 2 rings (SSSR count). The van der Waals surface area contributed by atoms with E-state index in [1.165, 1.54) is 38.5 Å². The summed E-state index contributed by atoms with van der Waals surface area (Å²) in [5.41, 5.74) is 0. The topological polar surface area (TPSA) is 99.4 Å². The first-order valence-corrected chi connectivity index (χ1v) is 8.55. The van der Waals surface area contributed by atoms with E-state index in [2.05, 4.69) is 0 Å². The van der Waals surface area contributed by atoms with Gasteiger partial charge in [-0.3, -0.25) is 0 Å². The second-order valence-electron chi connectivity index (χ2n) is 6.57. The lowest BCUT2D eigenvalue weighted by Gasteiger charge is -2.39. The van der Waals surface area contributed by atoms with E-state index < -0.39 is 37.3 Å². The Balaban J connectivity index is 1.63. The summed E-state index contributed by atoms with van der Waals surface area (Å²) in [4.78, 5) is 0. The molecule has 0 radical (unpaired) electrons. The number of hydrogen-bond donors (Lipinski definition) is 4. The summed E-state index contributed by atoms with van der Waals surface area (Å²) < 4.78 is 10.8. The van der Waals surface area contributed by atoms with Crippen molar-refractivity contribution in [2.75, 3.05) is 13.2 Å². The van der Waals surface area contributed by atoms with Crippen molar-refractivity contribution < 1.29 is 29.9 Å². The first-order chi connectivity index (χ1) is 10.6. The molecule has 2 unspecified atom stereocenters. The van der Waals surface area contributed by atoms with E-state index in [0.29, 0.717) is 6.61 Å². The number of unbranched alkanes of at least 4 members (excludes halogenated alkanes) is 1. The van der Waals surface area contributed by atoms with Crippen LogP contribution in [-0.2, 0) is 9.47 Å². The zero-order chi connectivity index (χ0) is 15.9. The number of rotatable bonds is 7. The van der Waals surface area contributed by atoms with Gasteiger partial charge in [-0.25, -0.2) is 0 Å². The van der Waals surface area contributed by atoms with Gasteiger partial charge in [0.15, 0.2) is 6.29 Å². The minimum Gasteiger partial charge on any atom is -0.394 e. The molecule has 2 fully saturated rings. The summed E-state index contributed by atoms with van der Waals surface area (Å²) in [6.45, 7) is 0.0158. The Morgan fingerprint density at radius 1 is 0.909 bits per heavy atom. The van der Waals surface area contributed by atoms with Crippen molar-refractivity contribution >= 4 is 0 Å². The van der Waals surface area contributed by atoms with Crippen LogP contribution >= 0.6 is 0 Å². The Labute approximate surface area is 132 Å². The Morgan fingerprint density at radius 3 is 2.32 bits per heavy atom. The van der Waals surface area contributed by atoms with Gasteiger partial charge in [-0.15, -0.1) is 0 Å². The Bertz CT molecular complexity index is 305. The molecule has 1 saturated carbocycles. The van der Waals surface area contributed by atoms with Crippen LogP contribution in [0.5, 0.6) is 0 Å². The summed E-state index contributed by atoms with van der Waals surface area (Å²) in [6, 6.07) is 0. The van der Waals surface area contributed by atoms with Crippen LogP contribution in [0.15, 0.2) is 0 Å². The van der Waals surface area contributed by atoms with E-state index in [4.69, 9.17) is 14.6 Å². The van der Waals surface area contributed by atoms with Gasteiger partial charge in [0.05, 0.1) is 6.61 Å². The number of ether oxygens (including phenoxy) is 2. The molecule has 130 valence electrons. The van der Waals surface area contributed by atoms with Crippen LogP contribution in [-0.4, -0.2) is 64.3 Å². The third-order valence-corrected chi connectivity index (χ3v) is 4.86. The third-order valence-electron chi connectivity index (χ3n) is 4.86. The fraction of sp³-hybridized carbons (Fsp3) is 1.00. The molecule has 1 aliphatic heterocycles. The summed E-state index contributed by atoms with van der Waals surface area (Å²) in [5, 5.41) is 38.3. The van der Waals surface area contributed by atoms with Crippen molar-refractivity contribution in [3.8, 4) is 0 Å². The largest absolute Gasteiger partial charge is 0.394 e. The fourth-order valence-corrected chi connectivity index (χ4v) is 3.42. The first kappa shape index (κ1) is 18.1. The second-order valence-corrected chi connectivity index (χ2v) is 6.57. The highest BCUT2D eigenvalue weighted by Gasteiger charge is 2.43. The molecule has 0 bridgehead atoms. The molecule has 0 aromatic rings. The van der Waals surface area contributed by atoms with E-state index in [1.54, 1.807) is 0 Å². The average molecular weight is 318 g/mol. The van der Waals surface area contributed by atoms with E-state index in [1.807, 2.05) is 0 Å². The molecule has 6 nitrogen and oxygen atoms in total. The van der Waals surface area contributed by atoms with Gasteiger partial charge >= 0.3 is 0 Å². The molecule has 22 heavy (non-hydrogen) atoms. The maximum Gasteiger partial charge on any atom is 0.186 e. The summed E-state index contributed by atoms with van der Waals surface area (Å²) in [6.07, 6.45) is 4.07. The van der Waals surface area contributed by atoms with Crippen molar-refractivity contribution in [3.63, 3.8) is 0 Å². The van der Waals surface area contributed by atoms with E-state index in [-0.39, 0.29) is 0 Å². The maximum absolute atomic E-state index is 9.84. The van der Waals surface area contributed by atoms with Gasteiger partial charge in [0.25, 0.3) is 0 Å². The number of aliphatic hydroxyl groups is 4. The molecular formula is C16H30O6. The van der Waals surface area contributed by atoms with E-state index in [9.17, 15) is 15.3 Å². The number of aliphatic hydroxyl groups excluding tert-OH is 4. The minimum atomic E-state index is -1.36. The van der Waals surface area contributed by atoms with Gasteiger partial charge in [-0.2, -0.15) is 0 Å². The van der Waals surface area contributed by atoms with Gasteiger partial charge in [-0.1, -0.05) is 44.9 Å². The van der Waals surface area contributed by atoms with Gasteiger partial charge in [0.1, 0.15) is 24.4 Å². The smallest absolute Gasteiger partial charge is 0.186 e. The SMILES string of the molecule is OCC1O[C@@H](OCCCCC2CCCCC2)C(O)[C@H](O)[C@@H]1O. The molecule has 0 aromatic heterocycles. The zero-order valence-corrected chi connectivity index (χ0v) is 13.1. The maximum atomic E-state index is 9.84. The monoisotopic (exact) mass is 318 g/mol. The van der Waals surface area contributed by atoms with Crippen LogP contribution in [0.2, 0.25) is 0 Å². The van der Waals surface area contributed by atoms with Gasteiger partial charge < -0.3 is 29.9 Å². The van der Waals surface area contributed by atoms with Crippen molar-refractivity contribution in [1.82, 2.24) is 0 Å². The number of hydrogen-bond acceptors (Lipinski definition) is 6. The van der Waals surface area contributed by atoms with Gasteiger partial charge in [0.2, 0.25) is 0 Å². The van der Waals surface area contributed by atoms with Gasteiger partial charge in [-0.05, 0) is 12.3 Å². The summed E-state index contributed by atoms with van der Waals surface area (Å²) in [5.74, 6) is 0.848. The van der Waals surface area contributed by atoms with E-state index >= 15 is 0 Å². The van der Waals surface area contributed by atoms with Crippen LogP contribution in [0.25, 0.3) is 0 Å². The second kappa shape index (κ2) is 9.15. The molecule has 6 heteroatoms. The average Bonchev–Trinajstić information content (AvgIpc) is 2.55. The lowest BCUT2D eigenvalue weighted by molar-refractivity contribution is -0.301. The van der Waals surface area contributed by atoms with Crippen LogP contribution in [0.3, 0.4) is 0 Å². The molecular weight excluding hydrogens is 288 g/mol. The molecule has 4 N–H and O–H groups in total. The van der Waals surface area contributed by atoms with Crippen LogP contribution in [0.4, 0.5) is 0 Å². The first-order valence-electron chi connectivity index (χ1n) is 8.55. The molecule has 5 atom stereocenters. The van der Waals surface area contributed by atoms with Crippen molar-refractivity contribution in [1.29, 1.82) is 0 Å². The van der Waals surface area contributed by atoms with Crippen molar-refractivity contribution in [2.45, 2.75) is 82.1 Å². The molecule has 0 aromatic carbocycles. The lowest BCUT2D eigenvalue weighted by atomic mass is 9.86. The highest BCUT2D eigenvalue weighted by molar-refractivity contribution is 4.88. The minimum absolute atomic E-state index is 0.424. The molecule has 1 heterocycles. The molecule has 1 saturated heterocycles.